The van der Waals surface area contributed by atoms with Gasteiger partial charge in [0.1, 0.15) is 0 Å². The van der Waals surface area contributed by atoms with Crippen molar-refractivity contribution in [1.29, 1.82) is 0 Å². The number of nitrogens with two attached hydrogens (primary N) is 1. The number of nitrogens with zero attached hydrogens (tertiary/aromatic N) is 1. The summed E-state index contributed by atoms with van der Waals surface area (Å²) in [5.41, 5.74) is 5.98. The molecule has 2 aliphatic rings. The van der Waals surface area contributed by atoms with Crippen molar-refractivity contribution in [2.75, 3.05) is 26.2 Å². The zero-order valence-electron chi connectivity index (χ0n) is 14.4. The van der Waals surface area contributed by atoms with Gasteiger partial charge in [0.05, 0.1) is 0 Å². The highest BCUT2D eigenvalue weighted by molar-refractivity contribution is 5.77. The SMILES string of the molecule is NCC1(CC(=O)NCCCN2CCCCCC2=O)CCCCC1. The third kappa shape index (κ3) is 5.79. The number of likely N-dealkylation sites (tertiary alicyclic amines) is 1. The van der Waals surface area contributed by atoms with Gasteiger partial charge in [-0.1, -0.05) is 25.7 Å². The number of hydrogen-bond donors (Lipinski definition) is 2. The Labute approximate surface area is 140 Å². The summed E-state index contributed by atoms with van der Waals surface area (Å²) in [6.07, 6.45) is 11.2. The maximum absolute atomic E-state index is 12.2. The van der Waals surface area contributed by atoms with Gasteiger partial charge < -0.3 is 16.0 Å². The Kier molecular flexibility index (Phi) is 7.34. The summed E-state index contributed by atoms with van der Waals surface area (Å²) >= 11 is 0. The molecule has 2 amide bonds. The Hall–Kier alpha value is -1.10. The molecule has 0 unspecified atom stereocenters. The molecule has 1 heterocycles. The number of rotatable bonds is 7. The summed E-state index contributed by atoms with van der Waals surface area (Å²) in [5.74, 6) is 0.401. The maximum atomic E-state index is 12.2. The van der Waals surface area contributed by atoms with Gasteiger partial charge in [-0.2, -0.15) is 0 Å². The minimum Gasteiger partial charge on any atom is -0.356 e. The summed E-state index contributed by atoms with van der Waals surface area (Å²) in [6.45, 7) is 2.91. The van der Waals surface area contributed by atoms with Gasteiger partial charge in [-0.3, -0.25) is 9.59 Å². The molecule has 0 atom stereocenters. The van der Waals surface area contributed by atoms with Crippen molar-refractivity contribution in [3.05, 3.63) is 0 Å². The van der Waals surface area contributed by atoms with Crippen LogP contribution in [-0.4, -0.2) is 42.9 Å². The van der Waals surface area contributed by atoms with Crippen LogP contribution in [0.3, 0.4) is 0 Å². The summed E-state index contributed by atoms with van der Waals surface area (Å²) in [7, 11) is 0. The predicted octanol–water partition coefficient (Wildman–Crippen LogP) is 2.19. The second-order valence-electron chi connectivity index (χ2n) is 7.34. The third-order valence-corrected chi connectivity index (χ3v) is 5.48. The van der Waals surface area contributed by atoms with Gasteiger partial charge >= 0.3 is 0 Å². The first-order valence-corrected chi connectivity index (χ1v) is 9.40. The smallest absolute Gasteiger partial charge is 0.222 e. The molecule has 5 heteroatoms. The first-order valence-electron chi connectivity index (χ1n) is 9.40. The van der Waals surface area contributed by atoms with Gasteiger partial charge in [-0.15, -0.1) is 0 Å². The lowest BCUT2D eigenvalue weighted by Gasteiger charge is -2.35. The highest BCUT2D eigenvalue weighted by Gasteiger charge is 2.32. The highest BCUT2D eigenvalue weighted by atomic mass is 16.2. The molecule has 2 fully saturated rings. The monoisotopic (exact) mass is 323 g/mol. The van der Waals surface area contributed by atoms with Gasteiger partial charge in [0.15, 0.2) is 0 Å². The van der Waals surface area contributed by atoms with Crippen LogP contribution < -0.4 is 11.1 Å². The molecule has 1 saturated carbocycles. The van der Waals surface area contributed by atoms with Crippen LogP contribution in [0.2, 0.25) is 0 Å². The summed E-state index contributed by atoms with van der Waals surface area (Å²) in [6, 6.07) is 0. The second kappa shape index (κ2) is 9.26. The first-order chi connectivity index (χ1) is 11.2. The number of nitrogens with one attached hydrogen (secondary N) is 1. The van der Waals surface area contributed by atoms with Crippen molar-refractivity contribution in [2.45, 2.75) is 70.6 Å². The Morgan fingerprint density at radius 3 is 2.61 bits per heavy atom. The Bertz CT molecular complexity index is 392. The fourth-order valence-corrected chi connectivity index (χ4v) is 3.93. The van der Waals surface area contributed by atoms with Crippen molar-refractivity contribution < 1.29 is 9.59 Å². The second-order valence-corrected chi connectivity index (χ2v) is 7.34. The quantitative estimate of drug-likeness (QED) is 0.705. The van der Waals surface area contributed by atoms with E-state index in [0.29, 0.717) is 25.9 Å². The molecule has 0 aromatic heterocycles. The molecule has 0 aromatic rings. The van der Waals surface area contributed by atoms with Crippen LogP contribution in [0.25, 0.3) is 0 Å². The van der Waals surface area contributed by atoms with Crippen LogP contribution in [-0.2, 0) is 9.59 Å². The zero-order valence-corrected chi connectivity index (χ0v) is 14.4. The van der Waals surface area contributed by atoms with Gasteiger partial charge in [0.25, 0.3) is 0 Å². The Morgan fingerprint density at radius 2 is 1.87 bits per heavy atom. The first kappa shape index (κ1) is 18.2. The van der Waals surface area contributed by atoms with Crippen LogP contribution in [0, 0.1) is 5.41 Å². The van der Waals surface area contributed by atoms with E-state index in [1.54, 1.807) is 0 Å². The van der Waals surface area contributed by atoms with E-state index < -0.39 is 0 Å². The van der Waals surface area contributed by atoms with Gasteiger partial charge in [0.2, 0.25) is 11.8 Å². The largest absolute Gasteiger partial charge is 0.356 e. The molecule has 23 heavy (non-hydrogen) atoms. The average Bonchev–Trinajstić information content (AvgIpc) is 2.77. The third-order valence-electron chi connectivity index (χ3n) is 5.48. The van der Waals surface area contributed by atoms with E-state index in [4.69, 9.17) is 5.73 Å². The number of carbonyl (C=O) groups is 2. The lowest BCUT2D eigenvalue weighted by atomic mass is 9.71. The normalized spacial score (nSPS) is 21.8. The van der Waals surface area contributed by atoms with Crippen molar-refractivity contribution in [2.24, 2.45) is 11.1 Å². The molecule has 5 nitrogen and oxygen atoms in total. The van der Waals surface area contributed by atoms with E-state index in [2.05, 4.69) is 5.32 Å². The Balaban J connectivity index is 1.65. The minimum absolute atomic E-state index is 0.0308. The van der Waals surface area contributed by atoms with E-state index in [1.165, 1.54) is 19.3 Å². The van der Waals surface area contributed by atoms with Crippen LogP contribution in [0.5, 0.6) is 0 Å². The summed E-state index contributed by atoms with van der Waals surface area (Å²) in [4.78, 5) is 26.1. The number of hydrogen-bond acceptors (Lipinski definition) is 3. The Morgan fingerprint density at radius 1 is 1.13 bits per heavy atom. The molecule has 0 radical (unpaired) electrons. The van der Waals surface area contributed by atoms with Gasteiger partial charge in [0, 0.05) is 32.5 Å². The number of amides is 2. The lowest BCUT2D eigenvalue weighted by Crippen LogP contribution is -2.39. The van der Waals surface area contributed by atoms with E-state index >= 15 is 0 Å². The van der Waals surface area contributed by atoms with Crippen LogP contribution in [0.1, 0.15) is 70.6 Å². The van der Waals surface area contributed by atoms with Crippen LogP contribution >= 0.6 is 0 Å². The fraction of sp³-hybridized carbons (Fsp3) is 0.889. The molecular formula is C18H33N3O2. The van der Waals surface area contributed by atoms with Crippen molar-refractivity contribution in [1.82, 2.24) is 10.2 Å². The van der Waals surface area contributed by atoms with Gasteiger partial charge in [-0.05, 0) is 44.1 Å². The molecule has 2 rings (SSSR count). The van der Waals surface area contributed by atoms with Crippen molar-refractivity contribution in [3.63, 3.8) is 0 Å². The van der Waals surface area contributed by atoms with Crippen LogP contribution in [0.4, 0.5) is 0 Å². The topological polar surface area (TPSA) is 75.4 Å². The predicted molar refractivity (Wildman–Crippen MR) is 91.9 cm³/mol. The lowest BCUT2D eigenvalue weighted by molar-refractivity contribution is -0.130. The van der Waals surface area contributed by atoms with E-state index in [1.807, 2.05) is 4.90 Å². The highest BCUT2D eigenvalue weighted by Crippen LogP contribution is 2.38. The molecule has 1 aliphatic carbocycles. The molecule has 0 aromatic carbocycles. The molecule has 132 valence electrons. The van der Waals surface area contributed by atoms with E-state index in [0.717, 1.165) is 51.6 Å². The maximum Gasteiger partial charge on any atom is 0.222 e. The molecular weight excluding hydrogens is 290 g/mol. The van der Waals surface area contributed by atoms with Crippen LogP contribution in [0.15, 0.2) is 0 Å². The van der Waals surface area contributed by atoms with Gasteiger partial charge in [-0.25, -0.2) is 0 Å². The fourth-order valence-electron chi connectivity index (χ4n) is 3.93. The standard InChI is InChI=1S/C18H33N3O2/c19-15-18(9-4-2-5-10-18)14-16(22)20-11-7-13-21-12-6-1-3-8-17(21)23/h1-15,19H2,(H,20,22). The van der Waals surface area contributed by atoms with E-state index in [-0.39, 0.29) is 17.2 Å². The number of carbonyl (C=O) groups excluding carboxylic acids is 2. The van der Waals surface area contributed by atoms with Crippen molar-refractivity contribution in [3.8, 4) is 0 Å². The molecule has 3 N–H and O–H groups in total. The van der Waals surface area contributed by atoms with E-state index in [9.17, 15) is 9.59 Å². The molecule has 1 aliphatic heterocycles. The van der Waals surface area contributed by atoms with Crippen molar-refractivity contribution >= 4 is 11.8 Å². The zero-order chi connectivity index (χ0) is 16.5. The molecule has 0 spiro atoms. The summed E-state index contributed by atoms with van der Waals surface area (Å²) < 4.78 is 0. The summed E-state index contributed by atoms with van der Waals surface area (Å²) in [5, 5.41) is 3.03. The molecule has 1 saturated heterocycles. The average molecular weight is 323 g/mol. The molecule has 0 bridgehead atoms. The minimum atomic E-state index is 0.0308.